The van der Waals surface area contributed by atoms with Gasteiger partial charge in [-0.25, -0.2) is 9.78 Å². The molecule has 0 fully saturated rings. The largest absolute Gasteiger partial charge is 0.507 e. The molecule has 0 saturated heterocycles. The van der Waals surface area contributed by atoms with E-state index < -0.39 is 5.97 Å². The number of ether oxygens (including phenoxy) is 1. The fourth-order valence-electron chi connectivity index (χ4n) is 3.46. The molecule has 0 aliphatic heterocycles. The zero-order valence-corrected chi connectivity index (χ0v) is 18.2. The molecule has 0 bridgehead atoms. The van der Waals surface area contributed by atoms with Crippen molar-refractivity contribution in [1.29, 1.82) is 0 Å². The van der Waals surface area contributed by atoms with E-state index in [0.29, 0.717) is 34.7 Å². The number of aromatic nitrogens is 1. The van der Waals surface area contributed by atoms with E-state index in [2.05, 4.69) is 46.5 Å². The van der Waals surface area contributed by atoms with Crippen LogP contribution in [-0.2, 0) is 22.0 Å². The van der Waals surface area contributed by atoms with Crippen LogP contribution in [0.15, 0.2) is 34.7 Å². The van der Waals surface area contributed by atoms with Gasteiger partial charge in [0.2, 0.25) is 0 Å². The summed E-state index contributed by atoms with van der Waals surface area (Å²) in [4.78, 5) is 16.6. The lowest BCUT2D eigenvalue weighted by molar-refractivity contribution is 0.0602. The molecule has 2 aromatic carbocycles. The number of hydrogen-bond donors (Lipinski definition) is 1. The molecule has 1 heterocycles. The van der Waals surface area contributed by atoms with E-state index in [0.717, 1.165) is 16.7 Å². The Kier molecular flexibility index (Phi) is 5.20. The molecule has 0 amide bonds. The second-order valence-corrected chi connectivity index (χ2v) is 9.47. The van der Waals surface area contributed by atoms with Crippen LogP contribution in [0, 0.1) is 0 Å². The van der Waals surface area contributed by atoms with Crippen LogP contribution < -0.4 is 0 Å². The highest BCUT2D eigenvalue weighted by Gasteiger charge is 2.27. The van der Waals surface area contributed by atoms with E-state index in [-0.39, 0.29) is 10.8 Å². The van der Waals surface area contributed by atoms with Crippen LogP contribution in [0.2, 0.25) is 0 Å². The van der Waals surface area contributed by atoms with Crippen molar-refractivity contribution in [2.24, 2.45) is 0 Å². The lowest BCUT2D eigenvalue weighted by Crippen LogP contribution is -2.18. The molecule has 154 valence electrons. The van der Waals surface area contributed by atoms with Gasteiger partial charge in [-0.05, 0) is 39.7 Å². The number of phenols is 1. The Morgan fingerprint density at radius 3 is 2.17 bits per heavy atom. The predicted molar refractivity (Wildman–Crippen MR) is 114 cm³/mol. The van der Waals surface area contributed by atoms with Crippen molar-refractivity contribution in [2.75, 3.05) is 7.11 Å². The zero-order valence-electron chi connectivity index (χ0n) is 18.2. The lowest BCUT2D eigenvalue weighted by atomic mass is 9.78. The molecule has 3 rings (SSSR count). The van der Waals surface area contributed by atoms with Crippen LogP contribution in [0.5, 0.6) is 5.75 Å². The van der Waals surface area contributed by atoms with Gasteiger partial charge in [0.15, 0.2) is 11.5 Å². The number of hydrogen-bond acceptors (Lipinski definition) is 5. The standard InChI is InChI=1S/C24H29NO4/c1-23(2,3)16-11-14(12-17(21(16)26)24(4,5)6)13-19-25-20-15(22(27)28-7)9-8-10-18(20)29-19/h8-12,26H,13H2,1-7H3. The number of rotatable bonds is 3. The first-order valence-corrected chi connectivity index (χ1v) is 9.75. The number of para-hydroxylation sites is 1. The molecule has 3 aromatic rings. The van der Waals surface area contributed by atoms with Crippen molar-refractivity contribution in [3.8, 4) is 5.75 Å². The Bertz CT molecular complexity index is 1030. The smallest absolute Gasteiger partial charge is 0.340 e. The average molecular weight is 395 g/mol. The van der Waals surface area contributed by atoms with Crippen molar-refractivity contribution in [1.82, 2.24) is 4.98 Å². The first kappa shape index (κ1) is 20.9. The molecule has 0 unspecified atom stereocenters. The third kappa shape index (κ3) is 4.14. The number of nitrogens with zero attached hydrogens (tertiary/aromatic N) is 1. The minimum absolute atomic E-state index is 0.209. The minimum Gasteiger partial charge on any atom is -0.507 e. The summed E-state index contributed by atoms with van der Waals surface area (Å²) < 4.78 is 10.8. The van der Waals surface area contributed by atoms with Gasteiger partial charge >= 0.3 is 5.97 Å². The Balaban J connectivity index is 2.10. The van der Waals surface area contributed by atoms with Gasteiger partial charge < -0.3 is 14.3 Å². The number of aromatic hydroxyl groups is 1. The zero-order chi connectivity index (χ0) is 21.6. The summed E-state index contributed by atoms with van der Waals surface area (Å²) in [5.41, 5.74) is 3.81. The Morgan fingerprint density at radius 2 is 1.66 bits per heavy atom. The van der Waals surface area contributed by atoms with Crippen LogP contribution in [0.1, 0.15) is 74.5 Å². The van der Waals surface area contributed by atoms with Crippen molar-refractivity contribution in [3.05, 3.63) is 58.5 Å². The second-order valence-electron chi connectivity index (χ2n) is 9.47. The SMILES string of the molecule is COC(=O)c1cccc2oc(Cc3cc(C(C)(C)C)c(O)c(C(C)(C)C)c3)nc12. The van der Waals surface area contributed by atoms with Crippen molar-refractivity contribution >= 4 is 17.1 Å². The van der Waals surface area contributed by atoms with Crippen molar-refractivity contribution < 1.29 is 19.1 Å². The molecule has 0 aliphatic rings. The van der Waals surface area contributed by atoms with Gasteiger partial charge in [-0.1, -0.05) is 59.7 Å². The first-order chi connectivity index (χ1) is 13.4. The van der Waals surface area contributed by atoms with Gasteiger partial charge in [0.05, 0.1) is 12.7 Å². The summed E-state index contributed by atoms with van der Waals surface area (Å²) >= 11 is 0. The van der Waals surface area contributed by atoms with Gasteiger partial charge in [-0.3, -0.25) is 0 Å². The summed E-state index contributed by atoms with van der Waals surface area (Å²) in [5.74, 6) is 0.422. The van der Waals surface area contributed by atoms with E-state index in [1.54, 1.807) is 18.2 Å². The topological polar surface area (TPSA) is 72.6 Å². The van der Waals surface area contributed by atoms with Crippen LogP contribution in [0.3, 0.4) is 0 Å². The number of fused-ring (bicyclic) bond motifs is 1. The first-order valence-electron chi connectivity index (χ1n) is 9.75. The van der Waals surface area contributed by atoms with Gasteiger partial charge in [-0.15, -0.1) is 0 Å². The maximum absolute atomic E-state index is 12.0. The molecule has 1 aromatic heterocycles. The molecule has 0 spiro atoms. The van der Waals surface area contributed by atoms with Crippen LogP contribution in [0.4, 0.5) is 0 Å². The van der Waals surface area contributed by atoms with Crippen LogP contribution in [-0.4, -0.2) is 23.2 Å². The van der Waals surface area contributed by atoms with Crippen LogP contribution in [0.25, 0.3) is 11.1 Å². The maximum Gasteiger partial charge on any atom is 0.340 e. The highest BCUT2D eigenvalue weighted by atomic mass is 16.5. The summed E-state index contributed by atoms with van der Waals surface area (Å²) in [6.45, 7) is 12.5. The summed E-state index contributed by atoms with van der Waals surface area (Å²) in [6, 6.07) is 9.24. The van der Waals surface area contributed by atoms with Gasteiger partial charge in [0.1, 0.15) is 11.3 Å². The molecule has 5 heteroatoms. The van der Waals surface area contributed by atoms with Gasteiger partial charge in [0, 0.05) is 6.42 Å². The van der Waals surface area contributed by atoms with Crippen molar-refractivity contribution in [3.63, 3.8) is 0 Å². The molecule has 0 atom stereocenters. The number of carbonyl (C=O) groups excluding carboxylic acids is 1. The van der Waals surface area contributed by atoms with E-state index in [1.165, 1.54) is 7.11 Å². The molecule has 5 nitrogen and oxygen atoms in total. The van der Waals surface area contributed by atoms with Gasteiger partial charge in [0.25, 0.3) is 0 Å². The third-order valence-electron chi connectivity index (χ3n) is 5.01. The molecule has 1 N–H and O–H groups in total. The summed E-state index contributed by atoms with van der Waals surface area (Å²) in [7, 11) is 1.35. The molecule has 0 aliphatic carbocycles. The number of phenolic OH excluding ortho intramolecular Hbond substituents is 1. The molecule has 0 radical (unpaired) electrons. The Labute approximate surface area is 171 Å². The van der Waals surface area contributed by atoms with E-state index in [9.17, 15) is 9.90 Å². The van der Waals surface area contributed by atoms with E-state index >= 15 is 0 Å². The van der Waals surface area contributed by atoms with E-state index in [1.807, 2.05) is 12.1 Å². The predicted octanol–water partition coefficient (Wildman–Crippen LogP) is 5.51. The highest BCUT2D eigenvalue weighted by Crippen LogP contribution is 2.40. The quantitative estimate of drug-likeness (QED) is 0.592. The third-order valence-corrected chi connectivity index (χ3v) is 5.01. The number of esters is 1. The monoisotopic (exact) mass is 395 g/mol. The average Bonchev–Trinajstić information content (AvgIpc) is 3.02. The number of methoxy groups -OCH3 is 1. The Hall–Kier alpha value is -2.82. The van der Waals surface area contributed by atoms with Gasteiger partial charge in [-0.2, -0.15) is 0 Å². The number of oxazole rings is 1. The van der Waals surface area contributed by atoms with Crippen LogP contribution >= 0.6 is 0 Å². The fraction of sp³-hybridized carbons (Fsp3) is 0.417. The van der Waals surface area contributed by atoms with E-state index in [4.69, 9.17) is 9.15 Å². The maximum atomic E-state index is 12.0. The molecular formula is C24H29NO4. The fourth-order valence-corrected chi connectivity index (χ4v) is 3.46. The normalized spacial score (nSPS) is 12.4. The summed E-state index contributed by atoms with van der Waals surface area (Å²) in [6.07, 6.45) is 0.460. The Morgan fingerprint density at radius 1 is 1.07 bits per heavy atom. The number of carbonyl (C=O) groups is 1. The number of benzene rings is 2. The van der Waals surface area contributed by atoms with Crippen molar-refractivity contribution in [2.45, 2.75) is 58.8 Å². The molecular weight excluding hydrogens is 366 g/mol. The summed E-state index contributed by atoms with van der Waals surface area (Å²) in [5, 5.41) is 10.9. The lowest BCUT2D eigenvalue weighted by Gasteiger charge is -2.28. The minimum atomic E-state index is -0.440. The highest BCUT2D eigenvalue weighted by molar-refractivity contribution is 6.01. The molecule has 0 saturated carbocycles. The molecule has 29 heavy (non-hydrogen) atoms. The second kappa shape index (κ2) is 7.21.